The third kappa shape index (κ3) is 2.25. The molecule has 0 unspecified atom stereocenters. The molecule has 5 heteroatoms. The Labute approximate surface area is 97.1 Å². The zero-order valence-electron chi connectivity index (χ0n) is 7.91. The van der Waals surface area contributed by atoms with Gasteiger partial charge in [-0.15, -0.1) is 0 Å². The van der Waals surface area contributed by atoms with E-state index in [4.69, 9.17) is 23.2 Å². The molecule has 0 radical (unpaired) electrons. The number of aryl methyl sites for hydroxylation is 1. The smallest absolute Gasteiger partial charge is 0.138 e. The molecule has 0 N–H and O–H groups in total. The maximum atomic E-state index is 6.00. The second kappa shape index (κ2) is 4.13. The minimum absolute atomic E-state index is 0.386. The lowest BCUT2D eigenvalue weighted by atomic mass is 10.2. The van der Waals surface area contributed by atoms with Crippen LogP contribution in [-0.2, 0) is 0 Å². The van der Waals surface area contributed by atoms with Crippen molar-refractivity contribution >= 4 is 23.2 Å². The molecule has 2 rings (SSSR count). The van der Waals surface area contributed by atoms with Crippen LogP contribution >= 0.6 is 23.2 Å². The van der Waals surface area contributed by atoms with E-state index in [1.165, 1.54) is 6.33 Å². The maximum absolute atomic E-state index is 6.00. The molecule has 0 aliphatic carbocycles. The molecular formula is C10H7Cl2N3. The van der Waals surface area contributed by atoms with Gasteiger partial charge in [-0.3, -0.25) is 0 Å². The van der Waals surface area contributed by atoms with Crippen LogP contribution in [0.25, 0.3) is 11.3 Å². The minimum atomic E-state index is 0.386. The van der Waals surface area contributed by atoms with Gasteiger partial charge in [0.2, 0.25) is 0 Å². The van der Waals surface area contributed by atoms with Crippen molar-refractivity contribution in [1.82, 2.24) is 15.0 Å². The number of pyridine rings is 1. The number of aromatic nitrogens is 3. The van der Waals surface area contributed by atoms with Gasteiger partial charge in [0.25, 0.3) is 0 Å². The standard InChI is InChI=1S/C10H7Cl2N3/c1-6-2-3-7(10(12)15-6)8-4-9(11)14-5-13-8/h2-5H,1H3. The highest BCUT2D eigenvalue weighted by atomic mass is 35.5. The lowest BCUT2D eigenvalue weighted by Gasteiger charge is -2.03. The Hall–Kier alpha value is -1.19. The Morgan fingerprint density at radius 2 is 1.93 bits per heavy atom. The quantitative estimate of drug-likeness (QED) is 0.567. The highest BCUT2D eigenvalue weighted by Gasteiger charge is 2.06. The molecular weight excluding hydrogens is 233 g/mol. The summed E-state index contributed by atoms with van der Waals surface area (Å²) in [5, 5.41) is 0.807. The summed E-state index contributed by atoms with van der Waals surface area (Å²) in [7, 11) is 0. The van der Waals surface area contributed by atoms with Crippen molar-refractivity contribution in [1.29, 1.82) is 0 Å². The zero-order valence-corrected chi connectivity index (χ0v) is 9.42. The van der Waals surface area contributed by atoms with Crippen LogP contribution in [0.4, 0.5) is 0 Å². The van der Waals surface area contributed by atoms with E-state index in [2.05, 4.69) is 15.0 Å². The van der Waals surface area contributed by atoms with Gasteiger partial charge in [-0.1, -0.05) is 23.2 Å². The predicted molar refractivity (Wildman–Crippen MR) is 60.0 cm³/mol. The molecule has 3 nitrogen and oxygen atoms in total. The summed E-state index contributed by atoms with van der Waals surface area (Å²) in [6.07, 6.45) is 1.40. The summed E-state index contributed by atoms with van der Waals surface area (Å²) in [6.45, 7) is 1.88. The van der Waals surface area contributed by atoms with E-state index in [1.54, 1.807) is 6.07 Å². The molecule has 2 heterocycles. The van der Waals surface area contributed by atoms with E-state index >= 15 is 0 Å². The van der Waals surface area contributed by atoms with E-state index in [9.17, 15) is 0 Å². The molecule has 0 fully saturated rings. The number of rotatable bonds is 1. The molecule has 0 spiro atoms. The Bertz CT molecular complexity index is 500. The minimum Gasteiger partial charge on any atom is -0.241 e. The first kappa shape index (κ1) is 10.3. The molecule has 2 aromatic rings. The number of halogens is 2. The molecule has 76 valence electrons. The van der Waals surface area contributed by atoms with Crippen LogP contribution in [0, 0.1) is 6.92 Å². The highest BCUT2D eigenvalue weighted by molar-refractivity contribution is 6.32. The van der Waals surface area contributed by atoms with Crippen LogP contribution in [0.15, 0.2) is 24.5 Å². The Morgan fingerprint density at radius 1 is 1.13 bits per heavy atom. The monoisotopic (exact) mass is 239 g/mol. The second-order valence-corrected chi connectivity index (χ2v) is 3.76. The second-order valence-electron chi connectivity index (χ2n) is 3.02. The summed E-state index contributed by atoms with van der Waals surface area (Å²) in [4.78, 5) is 12.0. The lowest BCUT2D eigenvalue weighted by molar-refractivity contribution is 1.15. The van der Waals surface area contributed by atoms with Crippen LogP contribution in [0.5, 0.6) is 0 Å². The first-order chi connectivity index (χ1) is 7.16. The van der Waals surface area contributed by atoms with Crippen LogP contribution in [0.3, 0.4) is 0 Å². The lowest BCUT2D eigenvalue weighted by Crippen LogP contribution is -1.90. The average molecular weight is 240 g/mol. The summed E-state index contributed by atoms with van der Waals surface area (Å²) >= 11 is 11.8. The fourth-order valence-corrected chi connectivity index (χ4v) is 1.64. The zero-order chi connectivity index (χ0) is 10.8. The Morgan fingerprint density at radius 3 is 2.60 bits per heavy atom. The van der Waals surface area contributed by atoms with Gasteiger partial charge in [-0.05, 0) is 19.1 Å². The first-order valence-electron chi connectivity index (χ1n) is 4.28. The number of nitrogens with zero attached hydrogens (tertiary/aromatic N) is 3. The van der Waals surface area contributed by atoms with Crippen LogP contribution in [-0.4, -0.2) is 15.0 Å². The van der Waals surface area contributed by atoms with E-state index in [1.807, 2.05) is 19.1 Å². The molecule has 0 aromatic carbocycles. The van der Waals surface area contributed by atoms with Gasteiger partial charge in [0.1, 0.15) is 16.6 Å². The topological polar surface area (TPSA) is 38.7 Å². The van der Waals surface area contributed by atoms with Crippen LogP contribution in [0.1, 0.15) is 5.69 Å². The highest BCUT2D eigenvalue weighted by Crippen LogP contribution is 2.25. The molecule has 0 aliphatic heterocycles. The molecule has 15 heavy (non-hydrogen) atoms. The fraction of sp³-hybridized carbons (Fsp3) is 0.100. The van der Waals surface area contributed by atoms with Crippen molar-refractivity contribution in [3.63, 3.8) is 0 Å². The largest absolute Gasteiger partial charge is 0.241 e. The molecule has 0 atom stereocenters. The third-order valence-corrected chi connectivity index (χ3v) is 2.39. The van der Waals surface area contributed by atoms with Crippen molar-refractivity contribution in [2.75, 3.05) is 0 Å². The van der Waals surface area contributed by atoms with Crippen LogP contribution < -0.4 is 0 Å². The van der Waals surface area contributed by atoms with Gasteiger partial charge in [0.15, 0.2) is 0 Å². The summed E-state index contributed by atoms with van der Waals surface area (Å²) < 4.78 is 0. The van der Waals surface area contributed by atoms with Gasteiger partial charge < -0.3 is 0 Å². The van der Waals surface area contributed by atoms with Gasteiger partial charge in [0, 0.05) is 17.3 Å². The number of hydrogen-bond acceptors (Lipinski definition) is 3. The third-order valence-electron chi connectivity index (χ3n) is 1.90. The first-order valence-corrected chi connectivity index (χ1v) is 5.03. The number of hydrogen-bond donors (Lipinski definition) is 0. The predicted octanol–water partition coefficient (Wildman–Crippen LogP) is 3.15. The molecule has 0 saturated heterocycles. The molecule has 0 saturated carbocycles. The average Bonchev–Trinajstić information content (AvgIpc) is 2.17. The maximum Gasteiger partial charge on any atom is 0.138 e. The van der Waals surface area contributed by atoms with Crippen LogP contribution in [0.2, 0.25) is 10.3 Å². The summed E-state index contributed by atoms with van der Waals surface area (Å²) in [5.41, 5.74) is 2.29. The van der Waals surface area contributed by atoms with E-state index in [0.717, 1.165) is 11.3 Å². The van der Waals surface area contributed by atoms with E-state index in [0.29, 0.717) is 16.0 Å². The van der Waals surface area contributed by atoms with Gasteiger partial charge in [-0.2, -0.15) is 0 Å². The summed E-state index contributed by atoms with van der Waals surface area (Å²) in [5.74, 6) is 0. The van der Waals surface area contributed by atoms with Crippen molar-refractivity contribution in [3.8, 4) is 11.3 Å². The van der Waals surface area contributed by atoms with Crippen molar-refractivity contribution in [2.24, 2.45) is 0 Å². The van der Waals surface area contributed by atoms with Crippen molar-refractivity contribution in [3.05, 3.63) is 40.5 Å². The molecule has 0 amide bonds. The van der Waals surface area contributed by atoms with Gasteiger partial charge >= 0.3 is 0 Å². The van der Waals surface area contributed by atoms with Crippen molar-refractivity contribution < 1.29 is 0 Å². The van der Waals surface area contributed by atoms with Crippen molar-refractivity contribution in [2.45, 2.75) is 6.92 Å². The Balaban J connectivity index is 2.54. The SMILES string of the molecule is Cc1ccc(-c2cc(Cl)ncn2)c(Cl)n1. The molecule has 2 aromatic heterocycles. The van der Waals surface area contributed by atoms with Gasteiger partial charge in [-0.25, -0.2) is 15.0 Å². The molecule has 0 bridgehead atoms. The van der Waals surface area contributed by atoms with Gasteiger partial charge in [0.05, 0.1) is 5.69 Å². The van der Waals surface area contributed by atoms with E-state index in [-0.39, 0.29) is 0 Å². The summed E-state index contributed by atoms with van der Waals surface area (Å²) in [6, 6.07) is 5.39. The Kier molecular flexibility index (Phi) is 2.84. The fourth-order valence-electron chi connectivity index (χ4n) is 1.20. The normalized spacial score (nSPS) is 10.3. The molecule has 0 aliphatic rings. The van der Waals surface area contributed by atoms with E-state index < -0.39 is 0 Å².